The number of rotatable bonds is 5. The van der Waals surface area contributed by atoms with Gasteiger partial charge in [-0.15, -0.1) is 0 Å². The average Bonchev–Trinajstić information content (AvgIpc) is 3.39. The van der Waals surface area contributed by atoms with Crippen molar-refractivity contribution in [3.8, 4) is 0 Å². The lowest BCUT2D eigenvalue weighted by molar-refractivity contribution is -0.138. The normalized spacial score (nSPS) is 28.1. The average molecular weight is 394 g/mol. The fourth-order valence-electron chi connectivity index (χ4n) is 3.86. The highest BCUT2D eigenvalue weighted by atomic mass is 19.4. The van der Waals surface area contributed by atoms with Crippen LogP contribution >= 0.6 is 0 Å². The largest absolute Gasteiger partial charge is 0.420 e. The highest BCUT2D eigenvalue weighted by molar-refractivity contribution is 5.70. The summed E-state index contributed by atoms with van der Waals surface area (Å²) in [5.74, 6) is 0.729. The predicted molar refractivity (Wildman–Crippen MR) is 99.5 cm³/mol. The van der Waals surface area contributed by atoms with E-state index in [1.54, 1.807) is 0 Å². The summed E-state index contributed by atoms with van der Waals surface area (Å²) in [5, 5.41) is 11.4. The minimum atomic E-state index is -4.55. The first-order chi connectivity index (χ1) is 13.3. The predicted octanol–water partition coefficient (Wildman–Crippen LogP) is 4.54. The zero-order chi connectivity index (χ0) is 19.9. The second kappa shape index (κ2) is 7.42. The maximum Gasteiger partial charge on any atom is 0.420 e. The van der Waals surface area contributed by atoms with Gasteiger partial charge in [0.2, 0.25) is 5.95 Å². The lowest BCUT2D eigenvalue weighted by Crippen LogP contribution is -2.33. The zero-order valence-corrected chi connectivity index (χ0v) is 15.8. The molecule has 2 saturated carbocycles. The molecule has 3 aliphatic rings. The summed E-state index contributed by atoms with van der Waals surface area (Å²) in [7, 11) is 0. The molecule has 0 saturated heterocycles. The molecule has 1 aliphatic heterocycles. The summed E-state index contributed by atoms with van der Waals surface area (Å²) in [6.45, 7) is 1.87. The summed E-state index contributed by atoms with van der Waals surface area (Å²) in [5.41, 5.74) is 6.01. The Bertz CT molecular complexity index is 791. The molecule has 28 heavy (non-hydrogen) atoms. The molecule has 3 N–H and O–H groups in total. The third-order valence-electron chi connectivity index (χ3n) is 5.77. The summed E-state index contributed by atoms with van der Waals surface area (Å²) < 4.78 is 40.9. The topological polar surface area (TPSA) is 88.5 Å². The van der Waals surface area contributed by atoms with Crippen LogP contribution in [0.25, 0.3) is 5.70 Å². The van der Waals surface area contributed by atoms with Gasteiger partial charge >= 0.3 is 6.18 Å². The molecule has 0 aromatic carbocycles. The first-order valence-corrected chi connectivity index (χ1v) is 9.92. The van der Waals surface area contributed by atoms with Crippen LogP contribution in [0.4, 0.5) is 19.1 Å². The number of nitrogens with zero attached hydrogens (tertiary/aromatic N) is 4. The van der Waals surface area contributed by atoms with Crippen molar-refractivity contribution in [3.63, 3.8) is 0 Å². The molecule has 4 rings (SSSR count). The van der Waals surface area contributed by atoms with Gasteiger partial charge in [-0.25, -0.2) is 9.97 Å². The van der Waals surface area contributed by atoms with Crippen LogP contribution in [-0.4, -0.2) is 28.1 Å². The first kappa shape index (κ1) is 19.3. The lowest BCUT2D eigenvalue weighted by atomic mass is 9.92. The third-order valence-corrected chi connectivity index (χ3v) is 5.77. The van der Waals surface area contributed by atoms with Crippen LogP contribution in [0, 0.1) is 5.92 Å². The molecular formula is C19H25F3N6. The van der Waals surface area contributed by atoms with Gasteiger partial charge < -0.3 is 11.1 Å². The summed E-state index contributed by atoms with van der Waals surface area (Å²) in [6, 6.07) is 0.106. The van der Waals surface area contributed by atoms with Crippen molar-refractivity contribution in [2.24, 2.45) is 21.9 Å². The van der Waals surface area contributed by atoms with Crippen molar-refractivity contribution in [1.29, 1.82) is 0 Å². The Labute approximate surface area is 161 Å². The van der Waals surface area contributed by atoms with E-state index in [1.165, 1.54) is 0 Å². The fourth-order valence-corrected chi connectivity index (χ4v) is 3.86. The van der Waals surface area contributed by atoms with Gasteiger partial charge in [0.1, 0.15) is 17.0 Å². The van der Waals surface area contributed by atoms with E-state index in [2.05, 4.69) is 25.5 Å². The van der Waals surface area contributed by atoms with E-state index < -0.39 is 11.7 Å². The van der Waals surface area contributed by atoms with E-state index in [4.69, 9.17) is 5.73 Å². The summed E-state index contributed by atoms with van der Waals surface area (Å²) >= 11 is 0. The third kappa shape index (κ3) is 4.19. The van der Waals surface area contributed by atoms with Gasteiger partial charge in [0.25, 0.3) is 0 Å². The van der Waals surface area contributed by atoms with Gasteiger partial charge in [0, 0.05) is 18.3 Å². The fraction of sp³-hybridized carbons (Fsp3) is 0.684. The van der Waals surface area contributed by atoms with Gasteiger partial charge in [-0.05, 0) is 63.4 Å². The van der Waals surface area contributed by atoms with Crippen LogP contribution in [0.3, 0.4) is 0 Å². The summed E-state index contributed by atoms with van der Waals surface area (Å²) in [6.07, 6.45) is 2.73. The smallest absolute Gasteiger partial charge is 0.351 e. The number of halogens is 3. The standard InChI is InChI=1S/C19H25F3N6/c1-10-14(8-11-2-3-11)16(28-27-10)17-15(19(20,21)22)9-24-18(26-17)25-13-6-4-12(23)5-7-13/h9-13H,2-8,23H2,1H3,(H,24,25,26)/t10?,12-,13-. The Morgan fingerprint density at radius 1 is 1.14 bits per heavy atom. The van der Waals surface area contributed by atoms with Crippen LogP contribution in [0.15, 0.2) is 22.0 Å². The molecule has 9 heteroatoms. The summed E-state index contributed by atoms with van der Waals surface area (Å²) in [4.78, 5) is 8.20. The number of hydrogen-bond acceptors (Lipinski definition) is 6. The van der Waals surface area contributed by atoms with Gasteiger partial charge in [0.15, 0.2) is 0 Å². The van der Waals surface area contributed by atoms with Crippen molar-refractivity contribution in [1.82, 2.24) is 9.97 Å². The second-order valence-corrected chi connectivity index (χ2v) is 8.12. The molecule has 0 spiro atoms. The van der Waals surface area contributed by atoms with E-state index in [0.717, 1.165) is 56.7 Å². The number of anilines is 1. The molecule has 6 nitrogen and oxygen atoms in total. The molecule has 0 amide bonds. The minimum Gasteiger partial charge on any atom is -0.351 e. The van der Waals surface area contributed by atoms with Crippen molar-refractivity contribution < 1.29 is 13.2 Å². The Morgan fingerprint density at radius 3 is 2.50 bits per heavy atom. The van der Waals surface area contributed by atoms with Crippen LogP contribution in [0.5, 0.6) is 0 Å². The number of nitrogens with one attached hydrogen (secondary N) is 1. The Kier molecular flexibility index (Phi) is 5.11. The highest BCUT2D eigenvalue weighted by Gasteiger charge is 2.39. The van der Waals surface area contributed by atoms with Gasteiger partial charge in [0.05, 0.1) is 6.04 Å². The second-order valence-electron chi connectivity index (χ2n) is 8.12. The van der Waals surface area contributed by atoms with Gasteiger partial charge in [-0.3, -0.25) is 0 Å². The number of azo groups is 1. The molecule has 0 radical (unpaired) electrons. The monoisotopic (exact) mass is 394 g/mol. The molecule has 1 atom stereocenters. The SMILES string of the molecule is CC1N=NC(c2nc(N[C@H]3CC[C@H](N)CC3)ncc2C(F)(F)F)=C1CC1CC1. The molecule has 1 aromatic heterocycles. The van der Waals surface area contributed by atoms with E-state index in [1.807, 2.05) is 6.92 Å². The van der Waals surface area contributed by atoms with E-state index >= 15 is 0 Å². The van der Waals surface area contributed by atoms with Crippen LogP contribution in [0.1, 0.15) is 63.1 Å². The minimum absolute atomic E-state index is 0.119. The quantitative estimate of drug-likeness (QED) is 0.767. The molecular weight excluding hydrogens is 369 g/mol. The molecule has 2 fully saturated rings. The molecule has 2 aliphatic carbocycles. The van der Waals surface area contributed by atoms with Crippen molar-refractivity contribution in [2.75, 3.05) is 5.32 Å². The Hall–Kier alpha value is -2.03. The van der Waals surface area contributed by atoms with Gasteiger partial charge in [-0.2, -0.15) is 23.4 Å². The molecule has 2 heterocycles. The van der Waals surface area contributed by atoms with E-state index in [0.29, 0.717) is 5.92 Å². The van der Waals surface area contributed by atoms with Crippen LogP contribution in [-0.2, 0) is 6.18 Å². The molecule has 1 aromatic rings. The Balaban J connectivity index is 1.67. The Morgan fingerprint density at radius 2 is 1.86 bits per heavy atom. The molecule has 0 bridgehead atoms. The maximum atomic E-state index is 13.6. The molecule has 1 unspecified atom stereocenters. The number of alkyl halides is 3. The number of nitrogens with two attached hydrogens (primary N) is 1. The van der Waals surface area contributed by atoms with Crippen molar-refractivity contribution in [3.05, 3.63) is 23.0 Å². The van der Waals surface area contributed by atoms with Crippen molar-refractivity contribution in [2.45, 2.75) is 76.2 Å². The van der Waals surface area contributed by atoms with E-state index in [9.17, 15) is 13.2 Å². The highest BCUT2D eigenvalue weighted by Crippen LogP contribution is 2.43. The van der Waals surface area contributed by atoms with Crippen molar-refractivity contribution >= 4 is 11.6 Å². The zero-order valence-electron chi connectivity index (χ0n) is 15.8. The first-order valence-electron chi connectivity index (χ1n) is 9.92. The maximum absolute atomic E-state index is 13.6. The van der Waals surface area contributed by atoms with Crippen LogP contribution < -0.4 is 11.1 Å². The molecule has 152 valence electrons. The van der Waals surface area contributed by atoms with Gasteiger partial charge in [-0.1, -0.05) is 0 Å². The number of hydrogen-bond donors (Lipinski definition) is 2. The lowest BCUT2D eigenvalue weighted by Gasteiger charge is -2.27. The van der Waals surface area contributed by atoms with Crippen LogP contribution in [0.2, 0.25) is 0 Å². The number of aromatic nitrogens is 2. The van der Waals surface area contributed by atoms with E-state index in [-0.39, 0.29) is 35.5 Å².